The normalized spacial score (nSPS) is 9.81. The molecule has 1 heterocycles. The lowest BCUT2D eigenvalue weighted by Gasteiger charge is -2.02. The lowest BCUT2D eigenvalue weighted by Crippen LogP contribution is -1.86. The maximum absolute atomic E-state index is 12.7. The highest BCUT2D eigenvalue weighted by atomic mass is 35.5. The number of benzene rings is 1. The number of rotatable bonds is 1. The smallest absolute Gasteiger partial charge is 0.159 e. The molecule has 16 heavy (non-hydrogen) atoms. The van der Waals surface area contributed by atoms with Gasteiger partial charge in [0, 0.05) is 11.8 Å². The van der Waals surface area contributed by atoms with Crippen LogP contribution in [0.1, 0.15) is 5.69 Å². The number of hydrogen-bond acceptors (Lipinski definition) is 2. The standard InChI is InChI=1S/C12H6ClFN2/c13-11-5-9(7-16-12(11)6-15)8-1-3-10(14)4-2-8/h1-5,7H. The van der Waals surface area contributed by atoms with Gasteiger partial charge in [-0.3, -0.25) is 0 Å². The molecule has 2 aromatic rings. The van der Waals surface area contributed by atoms with Crippen molar-refractivity contribution in [1.29, 1.82) is 5.26 Å². The first-order valence-corrected chi connectivity index (χ1v) is 4.90. The zero-order chi connectivity index (χ0) is 11.5. The number of nitriles is 1. The van der Waals surface area contributed by atoms with Crippen molar-refractivity contribution in [2.24, 2.45) is 0 Å². The molecular formula is C12H6ClFN2. The number of aromatic nitrogens is 1. The van der Waals surface area contributed by atoms with Gasteiger partial charge in [-0.1, -0.05) is 23.7 Å². The lowest BCUT2D eigenvalue weighted by molar-refractivity contribution is 0.628. The molecule has 0 N–H and O–H groups in total. The molecule has 2 nitrogen and oxygen atoms in total. The molecule has 0 aliphatic carbocycles. The Balaban J connectivity index is 2.46. The van der Waals surface area contributed by atoms with Gasteiger partial charge in [0.15, 0.2) is 5.69 Å². The largest absolute Gasteiger partial charge is 0.243 e. The highest BCUT2D eigenvalue weighted by Crippen LogP contribution is 2.23. The molecule has 0 saturated heterocycles. The maximum atomic E-state index is 12.7. The Morgan fingerprint density at radius 3 is 2.44 bits per heavy atom. The minimum Gasteiger partial charge on any atom is -0.243 e. The fourth-order valence-corrected chi connectivity index (χ4v) is 1.53. The highest BCUT2D eigenvalue weighted by Gasteiger charge is 2.04. The van der Waals surface area contributed by atoms with Crippen LogP contribution >= 0.6 is 11.6 Å². The summed E-state index contributed by atoms with van der Waals surface area (Å²) in [6.45, 7) is 0. The predicted octanol–water partition coefficient (Wildman–Crippen LogP) is 3.41. The van der Waals surface area contributed by atoms with Crippen molar-refractivity contribution < 1.29 is 4.39 Å². The summed E-state index contributed by atoms with van der Waals surface area (Å²) in [5.41, 5.74) is 1.75. The van der Waals surface area contributed by atoms with E-state index in [1.165, 1.54) is 18.3 Å². The van der Waals surface area contributed by atoms with Crippen molar-refractivity contribution in [3.63, 3.8) is 0 Å². The first-order chi connectivity index (χ1) is 7.70. The van der Waals surface area contributed by atoms with E-state index in [1.807, 2.05) is 6.07 Å². The van der Waals surface area contributed by atoms with Crippen LogP contribution in [-0.2, 0) is 0 Å². The minimum absolute atomic E-state index is 0.188. The Morgan fingerprint density at radius 1 is 1.19 bits per heavy atom. The van der Waals surface area contributed by atoms with Crippen LogP contribution in [0, 0.1) is 17.1 Å². The third-order valence-electron chi connectivity index (χ3n) is 2.12. The van der Waals surface area contributed by atoms with Crippen molar-refractivity contribution in [2.75, 3.05) is 0 Å². The van der Waals surface area contributed by atoms with Crippen LogP contribution < -0.4 is 0 Å². The summed E-state index contributed by atoms with van der Waals surface area (Å²) < 4.78 is 12.7. The second-order valence-corrected chi connectivity index (χ2v) is 3.58. The molecule has 0 amide bonds. The summed E-state index contributed by atoms with van der Waals surface area (Å²) in [7, 11) is 0. The van der Waals surface area contributed by atoms with Crippen molar-refractivity contribution in [1.82, 2.24) is 4.98 Å². The van der Waals surface area contributed by atoms with Gasteiger partial charge in [-0.15, -0.1) is 0 Å². The second kappa shape index (κ2) is 4.30. The maximum Gasteiger partial charge on any atom is 0.159 e. The van der Waals surface area contributed by atoms with Crippen molar-refractivity contribution in [3.8, 4) is 17.2 Å². The van der Waals surface area contributed by atoms with Gasteiger partial charge in [0.25, 0.3) is 0 Å². The van der Waals surface area contributed by atoms with Gasteiger partial charge >= 0.3 is 0 Å². The van der Waals surface area contributed by atoms with Gasteiger partial charge in [0.05, 0.1) is 5.02 Å². The molecule has 78 valence electrons. The first kappa shape index (κ1) is 10.6. The summed E-state index contributed by atoms with van der Waals surface area (Å²) in [5.74, 6) is -0.295. The van der Waals surface area contributed by atoms with Gasteiger partial charge in [-0.2, -0.15) is 5.26 Å². The van der Waals surface area contributed by atoms with E-state index in [-0.39, 0.29) is 11.5 Å². The van der Waals surface area contributed by atoms with E-state index in [2.05, 4.69) is 4.98 Å². The molecule has 0 spiro atoms. The predicted molar refractivity (Wildman–Crippen MR) is 59.4 cm³/mol. The number of halogens is 2. The Kier molecular flexibility index (Phi) is 2.84. The van der Waals surface area contributed by atoms with Crippen molar-refractivity contribution >= 4 is 11.6 Å². The molecule has 1 aromatic carbocycles. The summed E-state index contributed by atoms with van der Waals surface area (Å²) >= 11 is 5.85. The molecule has 0 fully saturated rings. The minimum atomic E-state index is -0.295. The second-order valence-electron chi connectivity index (χ2n) is 3.17. The van der Waals surface area contributed by atoms with Crippen LogP contribution in [-0.4, -0.2) is 4.98 Å². The Morgan fingerprint density at radius 2 is 1.88 bits per heavy atom. The fourth-order valence-electron chi connectivity index (χ4n) is 1.32. The third-order valence-corrected chi connectivity index (χ3v) is 2.41. The van der Waals surface area contributed by atoms with Crippen LogP contribution in [0.25, 0.3) is 11.1 Å². The van der Waals surface area contributed by atoms with E-state index in [9.17, 15) is 4.39 Å². The molecule has 0 aliphatic heterocycles. The molecule has 2 rings (SSSR count). The average molecular weight is 233 g/mol. The van der Waals surface area contributed by atoms with E-state index in [0.717, 1.165) is 11.1 Å². The quantitative estimate of drug-likeness (QED) is 0.756. The SMILES string of the molecule is N#Cc1ncc(-c2ccc(F)cc2)cc1Cl. The summed E-state index contributed by atoms with van der Waals surface area (Å²) in [6.07, 6.45) is 1.54. The molecule has 0 aliphatic rings. The lowest BCUT2D eigenvalue weighted by atomic mass is 10.1. The number of nitrogens with zero attached hydrogens (tertiary/aromatic N) is 2. The molecule has 0 radical (unpaired) electrons. The van der Waals surface area contributed by atoms with E-state index < -0.39 is 0 Å². The van der Waals surface area contributed by atoms with Crippen LogP contribution in [0.4, 0.5) is 4.39 Å². The van der Waals surface area contributed by atoms with Gasteiger partial charge in [0.1, 0.15) is 11.9 Å². The van der Waals surface area contributed by atoms with E-state index in [4.69, 9.17) is 16.9 Å². The monoisotopic (exact) mass is 232 g/mol. The van der Waals surface area contributed by atoms with Crippen LogP contribution in [0.3, 0.4) is 0 Å². The van der Waals surface area contributed by atoms with Gasteiger partial charge in [-0.25, -0.2) is 9.37 Å². The Labute approximate surface area is 96.9 Å². The molecule has 4 heteroatoms. The molecule has 1 aromatic heterocycles. The van der Waals surface area contributed by atoms with Crippen LogP contribution in [0.2, 0.25) is 5.02 Å². The zero-order valence-electron chi connectivity index (χ0n) is 8.11. The third kappa shape index (κ3) is 2.02. The van der Waals surface area contributed by atoms with Crippen LogP contribution in [0.5, 0.6) is 0 Å². The van der Waals surface area contributed by atoms with Crippen LogP contribution in [0.15, 0.2) is 36.5 Å². The summed E-state index contributed by atoms with van der Waals surface area (Å²) in [6, 6.07) is 9.51. The molecule has 0 saturated carbocycles. The average Bonchev–Trinajstić information content (AvgIpc) is 2.30. The topological polar surface area (TPSA) is 36.7 Å². The zero-order valence-corrected chi connectivity index (χ0v) is 8.87. The van der Waals surface area contributed by atoms with Gasteiger partial charge < -0.3 is 0 Å². The first-order valence-electron chi connectivity index (χ1n) is 4.52. The summed E-state index contributed by atoms with van der Waals surface area (Å²) in [5, 5.41) is 8.97. The Hall–Kier alpha value is -1.92. The summed E-state index contributed by atoms with van der Waals surface area (Å²) in [4.78, 5) is 3.91. The van der Waals surface area contributed by atoms with Crippen molar-refractivity contribution in [3.05, 3.63) is 53.1 Å². The van der Waals surface area contributed by atoms with Gasteiger partial charge in [-0.05, 0) is 23.8 Å². The van der Waals surface area contributed by atoms with Crippen molar-refractivity contribution in [2.45, 2.75) is 0 Å². The van der Waals surface area contributed by atoms with Gasteiger partial charge in [0.2, 0.25) is 0 Å². The van der Waals surface area contributed by atoms with E-state index in [1.54, 1.807) is 18.2 Å². The number of pyridine rings is 1. The van der Waals surface area contributed by atoms with E-state index in [0.29, 0.717) is 5.02 Å². The Bertz CT molecular complexity index is 558. The molecule has 0 atom stereocenters. The fraction of sp³-hybridized carbons (Fsp3) is 0. The van der Waals surface area contributed by atoms with E-state index >= 15 is 0 Å². The molecular weight excluding hydrogens is 227 g/mol. The highest BCUT2D eigenvalue weighted by molar-refractivity contribution is 6.31. The molecule has 0 bridgehead atoms. The number of hydrogen-bond donors (Lipinski definition) is 0. The molecule has 0 unspecified atom stereocenters.